The van der Waals surface area contributed by atoms with Crippen LogP contribution in [-0.4, -0.2) is 6.61 Å². The van der Waals surface area contributed by atoms with Gasteiger partial charge in [0.15, 0.2) is 0 Å². The van der Waals surface area contributed by atoms with Crippen LogP contribution in [0.5, 0.6) is 5.75 Å². The first kappa shape index (κ1) is 13.9. The fourth-order valence-corrected chi connectivity index (χ4v) is 2.10. The predicted octanol–water partition coefficient (Wildman–Crippen LogP) is 4.04. The number of halogens is 1. The Balaban J connectivity index is 2.00. The molecule has 0 aromatic heterocycles. The predicted molar refractivity (Wildman–Crippen MR) is 79.8 cm³/mol. The highest BCUT2D eigenvalue weighted by Gasteiger charge is 2.08. The summed E-state index contributed by atoms with van der Waals surface area (Å²) in [7, 11) is 0. The second-order valence-corrected chi connectivity index (χ2v) is 5.17. The quantitative estimate of drug-likeness (QED) is 0.914. The minimum Gasteiger partial charge on any atom is -0.490 e. The lowest BCUT2D eigenvalue weighted by atomic mass is 10.1. The van der Waals surface area contributed by atoms with Crippen molar-refractivity contribution in [2.75, 3.05) is 6.61 Å². The van der Waals surface area contributed by atoms with Gasteiger partial charge in [-0.1, -0.05) is 47.5 Å². The summed E-state index contributed by atoms with van der Waals surface area (Å²) in [6.07, 6.45) is 0. The van der Waals surface area contributed by atoms with Gasteiger partial charge in [0, 0.05) is 0 Å². The summed E-state index contributed by atoms with van der Waals surface area (Å²) in [5, 5.41) is 0.621. The molecular weight excluding hydrogens is 258 g/mol. The highest BCUT2D eigenvalue weighted by Crippen LogP contribution is 2.26. The van der Waals surface area contributed by atoms with Crippen LogP contribution in [-0.2, 0) is 0 Å². The Morgan fingerprint density at radius 2 is 1.68 bits per heavy atom. The molecule has 0 spiro atoms. The molecule has 2 nitrogen and oxygen atoms in total. The maximum atomic E-state index is 6.11. The van der Waals surface area contributed by atoms with Gasteiger partial charge in [-0.25, -0.2) is 0 Å². The molecule has 19 heavy (non-hydrogen) atoms. The molecule has 2 rings (SSSR count). The molecule has 3 heteroatoms. The van der Waals surface area contributed by atoms with E-state index in [9.17, 15) is 0 Å². The molecule has 0 aliphatic heterocycles. The van der Waals surface area contributed by atoms with E-state index in [1.165, 1.54) is 5.56 Å². The molecule has 0 bridgehead atoms. The summed E-state index contributed by atoms with van der Waals surface area (Å²) in [5.41, 5.74) is 9.50. The highest BCUT2D eigenvalue weighted by molar-refractivity contribution is 6.32. The third-order valence-electron chi connectivity index (χ3n) is 3.01. The van der Waals surface area contributed by atoms with Gasteiger partial charge in [0.25, 0.3) is 0 Å². The second kappa shape index (κ2) is 6.09. The van der Waals surface area contributed by atoms with E-state index in [1.54, 1.807) is 0 Å². The lowest BCUT2D eigenvalue weighted by Gasteiger charge is -2.15. The van der Waals surface area contributed by atoms with Crippen LogP contribution in [0.25, 0.3) is 0 Å². The van der Waals surface area contributed by atoms with E-state index in [-0.39, 0.29) is 6.04 Å². The van der Waals surface area contributed by atoms with Crippen molar-refractivity contribution in [3.63, 3.8) is 0 Å². The smallest absolute Gasteiger partial charge is 0.138 e. The third-order valence-corrected chi connectivity index (χ3v) is 3.31. The van der Waals surface area contributed by atoms with E-state index in [2.05, 4.69) is 6.92 Å². The van der Waals surface area contributed by atoms with Gasteiger partial charge in [-0.3, -0.25) is 0 Å². The molecule has 1 atom stereocenters. The van der Waals surface area contributed by atoms with Crippen molar-refractivity contribution in [2.24, 2.45) is 5.73 Å². The SMILES string of the molecule is Cc1ccc(C(N)COc2ccc(C)cc2Cl)cc1. The van der Waals surface area contributed by atoms with E-state index in [0.717, 1.165) is 11.1 Å². The number of nitrogens with two attached hydrogens (primary N) is 1. The largest absolute Gasteiger partial charge is 0.490 e. The summed E-state index contributed by atoms with van der Waals surface area (Å²) in [4.78, 5) is 0. The first-order valence-corrected chi connectivity index (χ1v) is 6.65. The van der Waals surface area contributed by atoms with Crippen molar-refractivity contribution in [1.29, 1.82) is 0 Å². The van der Waals surface area contributed by atoms with Crippen LogP contribution in [0.3, 0.4) is 0 Å². The Labute approximate surface area is 119 Å². The number of rotatable bonds is 4. The van der Waals surface area contributed by atoms with E-state index < -0.39 is 0 Å². The van der Waals surface area contributed by atoms with E-state index in [4.69, 9.17) is 22.1 Å². The third kappa shape index (κ3) is 3.72. The Bertz CT molecular complexity index is 551. The van der Waals surface area contributed by atoms with Gasteiger partial charge in [0.1, 0.15) is 12.4 Å². The number of aryl methyl sites for hydroxylation is 2. The molecule has 1 unspecified atom stereocenters. The van der Waals surface area contributed by atoms with Crippen LogP contribution in [0.1, 0.15) is 22.7 Å². The summed E-state index contributed by atoms with van der Waals surface area (Å²) in [5.74, 6) is 0.676. The van der Waals surface area contributed by atoms with Crippen LogP contribution in [0, 0.1) is 13.8 Å². The molecule has 0 aliphatic rings. The van der Waals surface area contributed by atoms with Gasteiger partial charge < -0.3 is 10.5 Å². The Hall–Kier alpha value is -1.51. The molecule has 0 saturated heterocycles. The molecule has 2 aromatic rings. The molecule has 0 fully saturated rings. The standard InChI is InChI=1S/C16H18ClNO/c1-11-3-6-13(7-4-11)15(18)10-19-16-8-5-12(2)9-14(16)17/h3-9,15H,10,18H2,1-2H3. The second-order valence-electron chi connectivity index (χ2n) is 4.76. The molecule has 2 aromatic carbocycles. The molecule has 0 saturated carbocycles. The van der Waals surface area contributed by atoms with E-state index in [1.807, 2.05) is 49.4 Å². The van der Waals surface area contributed by atoms with Gasteiger partial charge in [-0.2, -0.15) is 0 Å². The zero-order chi connectivity index (χ0) is 13.8. The minimum atomic E-state index is -0.155. The number of hydrogen-bond acceptors (Lipinski definition) is 2. The zero-order valence-corrected chi connectivity index (χ0v) is 11.9. The van der Waals surface area contributed by atoms with Crippen LogP contribution in [0.4, 0.5) is 0 Å². The highest BCUT2D eigenvalue weighted by atomic mass is 35.5. The molecule has 2 N–H and O–H groups in total. The molecule has 100 valence electrons. The minimum absolute atomic E-state index is 0.155. The maximum Gasteiger partial charge on any atom is 0.138 e. The maximum absolute atomic E-state index is 6.11. The number of hydrogen-bond donors (Lipinski definition) is 1. The van der Waals surface area contributed by atoms with Crippen molar-refractivity contribution >= 4 is 11.6 Å². The van der Waals surface area contributed by atoms with Crippen molar-refractivity contribution < 1.29 is 4.74 Å². The van der Waals surface area contributed by atoms with Crippen molar-refractivity contribution in [3.05, 3.63) is 64.2 Å². The summed E-state index contributed by atoms with van der Waals surface area (Å²) >= 11 is 6.11. The van der Waals surface area contributed by atoms with Gasteiger partial charge in [0.05, 0.1) is 11.1 Å². The van der Waals surface area contributed by atoms with E-state index >= 15 is 0 Å². The Kier molecular flexibility index (Phi) is 4.46. The van der Waals surface area contributed by atoms with Crippen molar-refractivity contribution in [2.45, 2.75) is 19.9 Å². The number of benzene rings is 2. The summed E-state index contributed by atoms with van der Waals surface area (Å²) < 4.78 is 5.68. The van der Waals surface area contributed by atoms with Crippen molar-refractivity contribution in [3.8, 4) is 5.75 Å². The van der Waals surface area contributed by atoms with Crippen LogP contribution >= 0.6 is 11.6 Å². The molecule has 0 aliphatic carbocycles. The van der Waals surface area contributed by atoms with Gasteiger partial charge >= 0.3 is 0 Å². The average molecular weight is 276 g/mol. The molecule has 0 heterocycles. The first-order valence-electron chi connectivity index (χ1n) is 6.27. The summed E-state index contributed by atoms with van der Waals surface area (Å²) in [6.45, 7) is 4.46. The fraction of sp³-hybridized carbons (Fsp3) is 0.250. The van der Waals surface area contributed by atoms with Crippen LogP contribution in [0.2, 0.25) is 5.02 Å². The first-order chi connectivity index (χ1) is 9.06. The lowest BCUT2D eigenvalue weighted by Crippen LogP contribution is -2.19. The fourth-order valence-electron chi connectivity index (χ4n) is 1.81. The normalized spacial score (nSPS) is 12.2. The van der Waals surface area contributed by atoms with Gasteiger partial charge in [-0.15, -0.1) is 0 Å². The van der Waals surface area contributed by atoms with Gasteiger partial charge in [-0.05, 0) is 37.1 Å². The Morgan fingerprint density at radius 3 is 2.32 bits per heavy atom. The van der Waals surface area contributed by atoms with Crippen molar-refractivity contribution in [1.82, 2.24) is 0 Å². The average Bonchev–Trinajstić information content (AvgIpc) is 2.38. The number of ether oxygens (including phenoxy) is 1. The molecule has 0 radical (unpaired) electrons. The topological polar surface area (TPSA) is 35.2 Å². The monoisotopic (exact) mass is 275 g/mol. The molecule has 0 amide bonds. The molecular formula is C16H18ClNO. The van der Waals surface area contributed by atoms with Gasteiger partial charge in [0.2, 0.25) is 0 Å². The zero-order valence-electron chi connectivity index (χ0n) is 11.2. The van der Waals surface area contributed by atoms with Crippen LogP contribution in [0.15, 0.2) is 42.5 Å². The van der Waals surface area contributed by atoms with Crippen LogP contribution < -0.4 is 10.5 Å². The summed E-state index contributed by atoms with van der Waals surface area (Å²) in [6, 6.07) is 13.7. The van der Waals surface area contributed by atoms with E-state index in [0.29, 0.717) is 17.4 Å². The lowest BCUT2D eigenvalue weighted by molar-refractivity contribution is 0.291. The Morgan fingerprint density at radius 1 is 1.05 bits per heavy atom.